The van der Waals surface area contributed by atoms with Crippen molar-refractivity contribution in [2.45, 2.75) is 26.0 Å². The molecular weight excluding hydrogens is 262 g/mol. The summed E-state index contributed by atoms with van der Waals surface area (Å²) in [5.74, 6) is 0.926. The van der Waals surface area contributed by atoms with Gasteiger partial charge in [-0.15, -0.1) is 0 Å². The van der Waals surface area contributed by atoms with Crippen molar-refractivity contribution in [3.63, 3.8) is 0 Å². The minimum atomic E-state index is -0.388. The summed E-state index contributed by atoms with van der Waals surface area (Å²) in [5.41, 5.74) is 2.18. The van der Waals surface area contributed by atoms with Crippen LogP contribution in [0.5, 0.6) is 5.75 Å². The summed E-state index contributed by atoms with van der Waals surface area (Å²) in [6.07, 6.45) is -0.388. The topological polar surface area (TPSA) is 41.5 Å². The van der Waals surface area contributed by atoms with Gasteiger partial charge >= 0.3 is 0 Å². The van der Waals surface area contributed by atoms with E-state index in [9.17, 15) is 5.11 Å². The molecule has 0 aliphatic rings. The number of aliphatic hydroxyl groups is 1. The van der Waals surface area contributed by atoms with Gasteiger partial charge in [0.15, 0.2) is 0 Å². The molecule has 2 aromatic rings. The summed E-state index contributed by atoms with van der Waals surface area (Å²) in [6.45, 7) is 3.88. The lowest BCUT2D eigenvalue weighted by molar-refractivity contribution is 0.124. The number of hydrogen-bond acceptors (Lipinski definition) is 3. The predicted molar refractivity (Wildman–Crippen MR) is 86.6 cm³/mol. The molecule has 112 valence electrons. The first-order chi connectivity index (χ1) is 10.1. The molecule has 0 amide bonds. The standard InChI is InChI=1S/C18H23NO2/c1-13(14(2)20)18(15-7-5-4-6-8-15)19-16-9-11-17(21-3)12-10-16/h4-14,18-20H,1-3H3/t13-,14+,18+/m1/s1. The van der Waals surface area contributed by atoms with E-state index in [1.165, 1.54) is 5.56 Å². The maximum absolute atomic E-state index is 9.95. The van der Waals surface area contributed by atoms with Gasteiger partial charge in [-0.1, -0.05) is 37.3 Å². The van der Waals surface area contributed by atoms with E-state index < -0.39 is 0 Å². The smallest absolute Gasteiger partial charge is 0.119 e. The van der Waals surface area contributed by atoms with Gasteiger partial charge in [-0.25, -0.2) is 0 Å². The molecule has 2 aromatic carbocycles. The summed E-state index contributed by atoms with van der Waals surface area (Å²) in [5, 5.41) is 13.5. The van der Waals surface area contributed by atoms with Crippen molar-refractivity contribution in [2.75, 3.05) is 12.4 Å². The van der Waals surface area contributed by atoms with Crippen molar-refractivity contribution in [1.82, 2.24) is 0 Å². The minimum absolute atomic E-state index is 0.0552. The maximum atomic E-state index is 9.95. The lowest BCUT2D eigenvalue weighted by atomic mass is 9.90. The number of methoxy groups -OCH3 is 1. The first-order valence-electron chi connectivity index (χ1n) is 7.25. The molecule has 3 nitrogen and oxygen atoms in total. The lowest BCUT2D eigenvalue weighted by Crippen LogP contribution is -2.26. The molecule has 0 fully saturated rings. The summed E-state index contributed by atoms with van der Waals surface area (Å²) >= 11 is 0. The van der Waals surface area contributed by atoms with Gasteiger partial charge < -0.3 is 15.2 Å². The largest absolute Gasteiger partial charge is 0.497 e. The fraction of sp³-hybridized carbons (Fsp3) is 0.333. The normalized spacial score (nSPS) is 15.0. The zero-order chi connectivity index (χ0) is 15.2. The molecule has 0 bridgehead atoms. The summed E-state index contributed by atoms with van der Waals surface area (Å²) in [7, 11) is 1.66. The summed E-state index contributed by atoms with van der Waals surface area (Å²) in [6, 6.07) is 18.1. The van der Waals surface area contributed by atoms with Crippen LogP contribution < -0.4 is 10.1 Å². The second kappa shape index (κ2) is 7.14. The number of aliphatic hydroxyl groups excluding tert-OH is 1. The van der Waals surface area contributed by atoms with E-state index in [1.54, 1.807) is 7.11 Å². The first-order valence-corrected chi connectivity index (χ1v) is 7.25. The summed E-state index contributed by atoms with van der Waals surface area (Å²) in [4.78, 5) is 0. The van der Waals surface area contributed by atoms with Crippen molar-refractivity contribution >= 4 is 5.69 Å². The Morgan fingerprint density at radius 3 is 2.10 bits per heavy atom. The SMILES string of the molecule is COc1ccc(N[C@H](c2ccccc2)[C@H](C)[C@H](C)O)cc1. The van der Waals surface area contributed by atoms with Gasteiger partial charge in [-0.2, -0.15) is 0 Å². The Kier molecular flexibility index (Phi) is 5.23. The molecule has 3 heteroatoms. The van der Waals surface area contributed by atoms with E-state index in [0.717, 1.165) is 11.4 Å². The third-order valence-corrected chi connectivity index (χ3v) is 3.86. The van der Waals surface area contributed by atoms with Crippen LogP contribution in [0.15, 0.2) is 54.6 Å². The van der Waals surface area contributed by atoms with Crippen molar-refractivity contribution in [3.8, 4) is 5.75 Å². The minimum Gasteiger partial charge on any atom is -0.497 e. The van der Waals surface area contributed by atoms with Crippen LogP contribution in [0.1, 0.15) is 25.5 Å². The van der Waals surface area contributed by atoms with Crippen LogP contribution in [-0.4, -0.2) is 18.3 Å². The van der Waals surface area contributed by atoms with Crippen LogP contribution in [-0.2, 0) is 0 Å². The van der Waals surface area contributed by atoms with Crippen LogP contribution in [0.25, 0.3) is 0 Å². The Bertz CT molecular complexity index is 537. The number of nitrogens with one attached hydrogen (secondary N) is 1. The van der Waals surface area contributed by atoms with E-state index in [4.69, 9.17) is 4.74 Å². The molecule has 0 unspecified atom stereocenters. The van der Waals surface area contributed by atoms with Crippen LogP contribution in [0, 0.1) is 5.92 Å². The van der Waals surface area contributed by atoms with E-state index >= 15 is 0 Å². The van der Waals surface area contributed by atoms with Gasteiger partial charge in [0.2, 0.25) is 0 Å². The molecule has 0 heterocycles. The molecule has 0 aliphatic heterocycles. The molecular formula is C18H23NO2. The van der Waals surface area contributed by atoms with Crippen LogP contribution in [0.4, 0.5) is 5.69 Å². The van der Waals surface area contributed by atoms with Crippen molar-refractivity contribution in [2.24, 2.45) is 5.92 Å². The van der Waals surface area contributed by atoms with Gasteiger partial charge in [0.1, 0.15) is 5.75 Å². The average molecular weight is 285 g/mol. The Balaban J connectivity index is 2.23. The quantitative estimate of drug-likeness (QED) is 0.846. The van der Waals surface area contributed by atoms with Crippen molar-refractivity contribution < 1.29 is 9.84 Å². The third kappa shape index (κ3) is 3.99. The fourth-order valence-electron chi connectivity index (χ4n) is 2.32. The van der Waals surface area contributed by atoms with Gasteiger partial charge in [0.05, 0.1) is 19.3 Å². The number of rotatable bonds is 6. The second-order valence-corrected chi connectivity index (χ2v) is 5.36. The van der Waals surface area contributed by atoms with Crippen molar-refractivity contribution in [1.29, 1.82) is 0 Å². The summed E-state index contributed by atoms with van der Waals surface area (Å²) < 4.78 is 5.18. The van der Waals surface area contributed by atoms with E-state index in [-0.39, 0.29) is 18.1 Å². The molecule has 0 aliphatic carbocycles. The van der Waals surface area contributed by atoms with Gasteiger partial charge in [-0.3, -0.25) is 0 Å². The Morgan fingerprint density at radius 1 is 0.952 bits per heavy atom. The fourth-order valence-corrected chi connectivity index (χ4v) is 2.32. The first kappa shape index (κ1) is 15.4. The van der Waals surface area contributed by atoms with Gasteiger partial charge in [0, 0.05) is 11.6 Å². The average Bonchev–Trinajstić information content (AvgIpc) is 2.53. The number of hydrogen-bond donors (Lipinski definition) is 2. The van der Waals surface area contributed by atoms with Crippen LogP contribution in [0.3, 0.4) is 0 Å². The molecule has 0 saturated carbocycles. The molecule has 0 radical (unpaired) electrons. The van der Waals surface area contributed by atoms with Crippen molar-refractivity contribution in [3.05, 3.63) is 60.2 Å². The van der Waals surface area contributed by atoms with Crippen LogP contribution >= 0.6 is 0 Å². The monoisotopic (exact) mass is 285 g/mol. The molecule has 0 spiro atoms. The number of benzene rings is 2. The Hall–Kier alpha value is -2.00. The highest BCUT2D eigenvalue weighted by molar-refractivity contribution is 5.48. The van der Waals surface area contributed by atoms with Gasteiger partial charge in [-0.05, 0) is 36.8 Å². The predicted octanol–water partition coefficient (Wildman–Crippen LogP) is 3.87. The highest BCUT2D eigenvalue weighted by atomic mass is 16.5. The van der Waals surface area contributed by atoms with E-state index in [1.807, 2.05) is 49.4 Å². The number of ether oxygens (including phenoxy) is 1. The molecule has 2 N–H and O–H groups in total. The highest BCUT2D eigenvalue weighted by Crippen LogP contribution is 2.29. The highest BCUT2D eigenvalue weighted by Gasteiger charge is 2.23. The van der Waals surface area contributed by atoms with E-state index in [2.05, 4.69) is 24.4 Å². The number of anilines is 1. The third-order valence-electron chi connectivity index (χ3n) is 3.86. The molecule has 0 aromatic heterocycles. The zero-order valence-electron chi connectivity index (χ0n) is 12.8. The molecule has 0 saturated heterocycles. The Labute approximate surface area is 126 Å². The second-order valence-electron chi connectivity index (χ2n) is 5.36. The van der Waals surface area contributed by atoms with E-state index in [0.29, 0.717) is 0 Å². The zero-order valence-corrected chi connectivity index (χ0v) is 12.8. The van der Waals surface area contributed by atoms with Gasteiger partial charge in [0.25, 0.3) is 0 Å². The molecule has 21 heavy (non-hydrogen) atoms. The maximum Gasteiger partial charge on any atom is 0.119 e. The lowest BCUT2D eigenvalue weighted by Gasteiger charge is -2.28. The Morgan fingerprint density at radius 2 is 1.57 bits per heavy atom. The molecule has 3 atom stereocenters. The van der Waals surface area contributed by atoms with Crippen LogP contribution in [0.2, 0.25) is 0 Å². The molecule has 2 rings (SSSR count).